The van der Waals surface area contributed by atoms with Crippen molar-refractivity contribution < 1.29 is 9.59 Å². The highest BCUT2D eigenvalue weighted by Crippen LogP contribution is 2.26. The summed E-state index contributed by atoms with van der Waals surface area (Å²) in [4.78, 5) is 37.0. The Morgan fingerprint density at radius 2 is 1.72 bits per heavy atom. The molecule has 0 N–H and O–H groups in total. The zero-order valence-corrected chi connectivity index (χ0v) is 23.6. The molecule has 1 saturated heterocycles. The maximum absolute atomic E-state index is 13.2. The maximum Gasteiger partial charge on any atom is 0.273 e. The van der Waals surface area contributed by atoms with Gasteiger partial charge in [-0.15, -0.1) is 11.3 Å². The van der Waals surface area contributed by atoms with Gasteiger partial charge in [-0.05, 0) is 42.8 Å². The van der Waals surface area contributed by atoms with E-state index in [1.807, 2.05) is 88.1 Å². The van der Waals surface area contributed by atoms with Gasteiger partial charge in [0, 0.05) is 55.6 Å². The quantitative estimate of drug-likeness (QED) is 0.264. The first kappa shape index (κ1) is 27.0. The van der Waals surface area contributed by atoms with Crippen molar-refractivity contribution in [2.45, 2.75) is 26.4 Å². The Morgan fingerprint density at radius 3 is 2.46 bits per heavy atom. The minimum Gasteiger partial charge on any atom is -0.367 e. The van der Waals surface area contributed by atoms with Crippen LogP contribution in [0.5, 0.6) is 0 Å². The summed E-state index contributed by atoms with van der Waals surface area (Å²) in [6, 6.07) is 21.3. The summed E-state index contributed by atoms with van der Waals surface area (Å²) in [6.07, 6.45) is 2.88. The molecule has 1 aliphatic rings. The molecule has 0 saturated carbocycles. The van der Waals surface area contributed by atoms with E-state index in [0.29, 0.717) is 44.0 Å². The van der Waals surface area contributed by atoms with Crippen LogP contribution in [0.25, 0.3) is 0 Å². The van der Waals surface area contributed by atoms with E-state index in [2.05, 4.69) is 21.4 Å². The third-order valence-electron chi connectivity index (χ3n) is 6.91. The van der Waals surface area contributed by atoms with Crippen molar-refractivity contribution in [3.8, 4) is 0 Å². The number of para-hydroxylation sites is 1. The van der Waals surface area contributed by atoms with E-state index < -0.39 is 0 Å². The van der Waals surface area contributed by atoms with Gasteiger partial charge in [-0.3, -0.25) is 9.59 Å². The van der Waals surface area contributed by atoms with Gasteiger partial charge in [0.1, 0.15) is 10.7 Å². The molecular weight excluding hydrogens is 530 g/mol. The number of carbonyl (C=O) groups excluding carboxylic acids is 2. The first-order valence-electron chi connectivity index (χ1n) is 13.2. The molecule has 3 heterocycles. The number of hydrogen-bond donors (Lipinski definition) is 0. The molecule has 0 bridgehead atoms. The second kappa shape index (κ2) is 12.5. The van der Waals surface area contributed by atoms with E-state index in [9.17, 15) is 9.59 Å². The molecule has 0 atom stereocenters. The van der Waals surface area contributed by atoms with Crippen LogP contribution in [0.3, 0.4) is 0 Å². The lowest BCUT2D eigenvalue weighted by Crippen LogP contribution is -2.49. The highest BCUT2D eigenvalue weighted by molar-refractivity contribution is 7.09. The summed E-state index contributed by atoms with van der Waals surface area (Å²) in [7, 11) is 0. The zero-order chi connectivity index (χ0) is 27.2. The first-order chi connectivity index (χ1) is 19.0. The highest BCUT2D eigenvalue weighted by Gasteiger charge is 2.25. The Bertz CT molecular complexity index is 1410. The fraction of sp³-hybridized carbons (Fsp3) is 0.300. The number of benzene rings is 2. The summed E-state index contributed by atoms with van der Waals surface area (Å²) in [6.45, 7) is 6.54. The molecule has 9 heteroatoms. The maximum atomic E-state index is 13.2. The van der Waals surface area contributed by atoms with Crippen LogP contribution in [0.1, 0.15) is 44.9 Å². The predicted molar refractivity (Wildman–Crippen MR) is 157 cm³/mol. The van der Waals surface area contributed by atoms with Crippen molar-refractivity contribution in [3.63, 3.8) is 0 Å². The lowest BCUT2D eigenvalue weighted by atomic mass is 10.2. The second-order valence-corrected chi connectivity index (χ2v) is 10.9. The monoisotopic (exact) mass is 561 g/mol. The van der Waals surface area contributed by atoms with Gasteiger partial charge in [-0.1, -0.05) is 48.9 Å². The predicted octanol–water partition coefficient (Wildman–Crippen LogP) is 5.66. The number of halogens is 1. The second-order valence-electron chi connectivity index (χ2n) is 9.58. The van der Waals surface area contributed by atoms with Crippen LogP contribution in [0.4, 0.5) is 5.69 Å². The summed E-state index contributed by atoms with van der Waals surface area (Å²) >= 11 is 7.85. The fourth-order valence-corrected chi connectivity index (χ4v) is 5.90. The van der Waals surface area contributed by atoms with E-state index in [1.165, 1.54) is 11.3 Å². The van der Waals surface area contributed by atoms with Crippen molar-refractivity contribution in [1.29, 1.82) is 0 Å². The van der Waals surface area contributed by atoms with Crippen molar-refractivity contribution in [2.24, 2.45) is 0 Å². The molecular formula is C30H32ClN5O2S. The van der Waals surface area contributed by atoms with Gasteiger partial charge in [0.15, 0.2) is 0 Å². The number of thiazole rings is 1. The van der Waals surface area contributed by atoms with Crippen molar-refractivity contribution in [1.82, 2.24) is 19.4 Å². The number of hydrogen-bond acceptors (Lipinski definition) is 5. The van der Waals surface area contributed by atoms with E-state index in [1.54, 1.807) is 0 Å². The number of nitrogens with zero attached hydrogens (tertiary/aromatic N) is 5. The largest absolute Gasteiger partial charge is 0.367 e. The minimum atomic E-state index is -0.0355. The van der Waals surface area contributed by atoms with Crippen LogP contribution in [-0.2, 0) is 13.1 Å². The number of rotatable bonds is 9. The van der Waals surface area contributed by atoms with Gasteiger partial charge in [0.25, 0.3) is 11.8 Å². The standard InChI is InChI=1S/C30H32ClN5O2S/c1-2-14-36(29(37)23-9-4-3-5-10-23)20-24-11-8-15-35(24)21-28-32-26(22-39-28)30(38)34-18-16-33(17-19-34)27-13-7-6-12-25(27)31/h3-13,15,22H,2,14,16-21H2,1H3. The molecule has 7 nitrogen and oxygen atoms in total. The van der Waals surface area contributed by atoms with Crippen LogP contribution >= 0.6 is 22.9 Å². The first-order valence-corrected chi connectivity index (χ1v) is 14.5. The molecule has 0 spiro atoms. The number of piperazine rings is 1. The normalized spacial score (nSPS) is 13.5. The van der Waals surface area contributed by atoms with Gasteiger partial charge >= 0.3 is 0 Å². The van der Waals surface area contributed by atoms with Gasteiger partial charge in [0.2, 0.25) is 0 Å². The molecule has 5 rings (SSSR count). The highest BCUT2D eigenvalue weighted by atomic mass is 35.5. The Balaban J connectivity index is 1.21. The third kappa shape index (κ3) is 6.34. The van der Waals surface area contributed by atoms with E-state index in [4.69, 9.17) is 11.6 Å². The SMILES string of the molecule is CCCN(Cc1cccn1Cc1nc(C(=O)N2CCN(c3ccccc3Cl)CC2)cs1)C(=O)c1ccccc1. The summed E-state index contributed by atoms with van der Waals surface area (Å²) in [5, 5.41) is 3.44. The van der Waals surface area contributed by atoms with Gasteiger partial charge in [-0.2, -0.15) is 0 Å². The minimum absolute atomic E-state index is 0.0296. The van der Waals surface area contributed by atoms with Crippen LogP contribution in [-0.4, -0.2) is 63.9 Å². The van der Waals surface area contributed by atoms with Crippen molar-refractivity contribution >= 4 is 40.4 Å². The van der Waals surface area contributed by atoms with E-state index in [0.717, 1.165) is 40.9 Å². The topological polar surface area (TPSA) is 61.7 Å². The fourth-order valence-electron chi connectivity index (χ4n) is 4.88. The Morgan fingerprint density at radius 1 is 0.974 bits per heavy atom. The Hall–Kier alpha value is -3.62. The van der Waals surface area contributed by atoms with E-state index >= 15 is 0 Å². The molecule has 0 radical (unpaired) electrons. The Kier molecular flexibility index (Phi) is 8.64. The van der Waals surface area contributed by atoms with Gasteiger partial charge in [-0.25, -0.2) is 4.98 Å². The van der Waals surface area contributed by atoms with Crippen LogP contribution in [0, 0.1) is 0 Å². The van der Waals surface area contributed by atoms with Gasteiger partial charge in [0.05, 0.1) is 23.8 Å². The molecule has 2 amide bonds. The lowest BCUT2D eigenvalue weighted by Gasteiger charge is -2.36. The smallest absolute Gasteiger partial charge is 0.273 e. The molecule has 2 aromatic heterocycles. The average molecular weight is 562 g/mol. The molecule has 202 valence electrons. The number of amides is 2. The summed E-state index contributed by atoms with van der Waals surface area (Å²) < 4.78 is 2.11. The zero-order valence-electron chi connectivity index (χ0n) is 22.0. The van der Waals surface area contributed by atoms with Crippen molar-refractivity contribution in [3.05, 3.63) is 105 Å². The molecule has 4 aromatic rings. The Labute approximate surface area is 238 Å². The van der Waals surface area contributed by atoms with E-state index in [-0.39, 0.29) is 11.8 Å². The van der Waals surface area contributed by atoms with Crippen molar-refractivity contribution in [2.75, 3.05) is 37.6 Å². The number of aromatic nitrogens is 2. The molecule has 2 aromatic carbocycles. The molecule has 0 unspecified atom stereocenters. The molecule has 1 aliphatic heterocycles. The average Bonchev–Trinajstić information content (AvgIpc) is 3.62. The molecule has 0 aliphatic carbocycles. The van der Waals surface area contributed by atoms with Crippen LogP contribution < -0.4 is 4.90 Å². The molecule has 39 heavy (non-hydrogen) atoms. The molecule has 1 fully saturated rings. The van der Waals surface area contributed by atoms with Crippen LogP contribution in [0.15, 0.2) is 78.3 Å². The number of carbonyl (C=O) groups is 2. The van der Waals surface area contributed by atoms with Gasteiger partial charge < -0.3 is 19.3 Å². The third-order valence-corrected chi connectivity index (χ3v) is 8.07. The number of anilines is 1. The van der Waals surface area contributed by atoms with Crippen LogP contribution in [0.2, 0.25) is 5.02 Å². The summed E-state index contributed by atoms with van der Waals surface area (Å²) in [5.41, 5.74) is 3.22. The summed E-state index contributed by atoms with van der Waals surface area (Å²) in [5.74, 6) is -0.00594. The lowest BCUT2D eigenvalue weighted by molar-refractivity contribution is 0.0732.